The Bertz CT molecular complexity index is 94.4. The zero-order valence-electron chi connectivity index (χ0n) is 6.50. The first-order valence-electron chi connectivity index (χ1n) is 3.79. The zero-order chi connectivity index (χ0) is 7.40. The molecule has 0 saturated carbocycles. The van der Waals surface area contributed by atoms with Crippen molar-refractivity contribution in [1.82, 2.24) is 4.90 Å². The van der Waals surface area contributed by atoms with Crippen LogP contribution in [-0.2, 0) is 0 Å². The quantitative estimate of drug-likeness (QED) is 0.777. The Morgan fingerprint density at radius 1 is 1.36 bits per heavy atom. The molecule has 0 aromatic heterocycles. The van der Waals surface area contributed by atoms with E-state index in [1.807, 2.05) is 0 Å². The van der Waals surface area contributed by atoms with Crippen LogP contribution in [0.5, 0.6) is 0 Å². The third kappa shape index (κ3) is 4.45. The Balaban J connectivity index is 0.000001000. The van der Waals surface area contributed by atoms with Crippen molar-refractivity contribution in [3.05, 3.63) is 0 Å². The number of piperidine rings is 1. The summed E-state index contributed by atoms with van der Waals surface area (Å²) in [5.41, 5.74) is 0. The van der Waals surface area contributed by atoms with Crippen LogP contribution < -0.4 is 0 Å². The Kier molecular flexibility index (Phi) is 6.91. The van der Waals surface area contributed by atoms with Gasteiger partial charge in [0.2, 0.25) is 0 Å². The minimum absolute atomic E-state index is 0. The molecule has 4 heteroatoms. The van der Waals surface area contributed by atoms with Gasteiger partial charge in [-0.15, -0.1) is 17.0 Å². The maximum atomic E-state index is 9.16. The SMILES string of the molecule is Br.OC1CCN(CCBr)CC1. The van der Waals surface area contributed by atoms with E-state index < -0.39 is 0 Å². The van der Waals surface area contributed by atoms with Gasteiger partial charge in [0.05, 0.1) is 6.10 Å². The first-order valence-corrected chi connectivity index (χ1v) is 4.91. The normalized spacial score (nSPS) is 21.3. The van der Waals surface area contributed by atoms with Crippen molar-refractivity contribution in [3.8, 4) is 0 Å². The fraction of sp³-hybridized carbons (Fsp3) is 1.00. The molecule has 1 N–H and O–H groups in total. The van der Waals surface area contributed by atoms with E-state index in [9.17, 15) is 0 Å². The summed E-state index contributed by atoms with van der Waals surface area (Å²) in [6.45, 7) is 3.24. The van der Waals surface area contributed by atoms with Crippen molar-refractivity contribution in [2.75, 3.05) is 25.0 Å². The molecule has 0 bridgehead atoms. The van der Waals surface area contributed by atoms with E-state index in [2.05, 4.69) is 20.8 Å². The van der Waals surface area contributed by atoms with E-state index in [0.29, 0.717) is 0 Å². The first-order chi connectivity index (χ1) is 4.83. The predicted molar refractivity (Wildman–Crippen MR) is 55.8 cm³/mol. The van der Waals surface area contributed by atoms with Crippen molar-refractivity contribution >= 4 is 32.9 Å². The van der Waals surface area contributed by atoms with Crippen LogP contribution in [0.15, 0.2) is 0 Å². The number of rotatable bonds is 2. The topological polar surface area (TPSA) is 23.5 Å². The average molecular weight is 289 g/mol. The van der Waals surface area contributed by atoms with Gasteiger partial charge in [-0.2, -0.15) is 0 Å². The second-order valence-electron chi connectivity index (χ2n) is 2.76. The standard InChI is InChI=1S/C7H14BrNO.BrH/c8-3-6-9-4-1-7(10)2-5-9;/h7,10H,1-6H2;1H. The molecule has 0 atom stereocenters. The molecule has 0 unspecified atom stereocenters. The summed E-state index contributed by atoms with van der Waals surface area (Å²) >= 11 is 3.40. The van der Waals surface area contributed by atoms with Crippen LogP contribution in [0.3, 0.4) is 0 Å². The number of nitrogens with zero attached hydrogens (tertiary/aromatic N) is 1. The molecular weight excluding hydrogens is 274 g/mol. The van der Waals surface area contributed by atoms with Gasteiger partial charge in [-0.1, -0.05) is 15.9 Å². The zero-order valence-corrected chi connectivity index (χ0v) is 9.80. The maximum Gasteiger partial charge on any atom is 0.0564 e. The Morgan fingerprint density at radius 3 is 2.36 bits per heavy atom. The molecule has 0 amide bonds. The van der Waals surface area contributed by atoms with E-state index in [1.165, 1.54) is 0 Å². The van der Waals surface area contributed by atoms with Gasteiger partial charge in [-0.3, -0.25) is 0 Å². The predicted octanol–water partition coefficient (Wildman–Crippen LogP) is 1.42. The number of likely N-dealkylation sites (tertiary alicyclic amines) is 1. The van der Waals surface area contributed by atoms with E-state index in [1.54, 1.807) is 0 Å². The minimum Gasteiger partial charge on any atom is -0.393 e. The molecule has 1 aliphatic rings. The molecule has 0 aromatic carbocycles. The molecule has 0 radical (unpaired) electrons. The molecule has 1 heterocycles. The fourth-order valence-electron chi connectivity index (χ4n) is 1.26. The number of hydrogen-bond acceptors (Lipinski definition) is 2. The van der Waals surface area contributed by atoms with Crippen molar-refractivity contribution in [2.24, 2.45) is 0 Å². The lowest BCUT2D eigenvalue weighted by Crippen LogP contribution is -2.36. The molecule has 1 saturated heterocycles. The van der Waals surface area contributed by atoms with Crippen LogP contribution in [0.25, 0.3) is 0 Å². The molecule has 1 aliphatic heterocycles. The minimum atomic E-state index is -0.0356. The van der Waals surface area contributed by atoms with Crippen molar-refractivity contribution < 1.29 is 5.11 Å². The third-order valence-corrected chi connectivity index (χ3v) is 2.31. The first kappa shape index (κ1) is 11.9. The highest BCUT2D eigenvalue weighted by molar-refractivity contribution is 9.09. The van der Waals surface area contributed by atoms with Gasteiger partial charge in [0, 0.05) is 25.0 Å². The Morgan fingerprint density at radius 2 is 1.91 bits per heavy atom. The van der Waals surface area contributed by atoms with E-state index in [4.69, 9.17) is 5.11 Å². The Hall–Kier alpha value is 0.880. The summed E-state index contributed by atoms with van der Waals surface area (Å²) in [6, 6.07) is 0. The second kappa shape index (κ2) is 6.40. The highest BCUT2D eigenvalue weighted by Gasteiger charge is 2.15. The van der Waals surface area contributed by atoms with Gasteiger partial charge >= 0.3 is 0 Å². The van der Waals surface area contributed by atoms with Gasteiger partial charge in [0.25, 0.3) is 0 Å². The van der Waals surface area contributed by atoms with Gasteiger partial charge in [-0.05, 0) is 12.8 Å². The van der Waals surface area contributed by atoms with Crippen molar-refractivity contribution in [3.63, 3.8) is 0 Å². The van der Waals surface area contributed by atoms with Crippen LogP contribution >= 0.6 is 32.9 Å². The number of aliphatic hydroxyl groups excluding tert-OH is 1. The molecule has 2 nitrogen and oxygen atoms in total. The van der Waals surface area contributed by atoms with Crippen LogP contribution in [-0.4, -0.2) is 41.1 Å². The van der Waals surface area contributed by atoms with Gasteiger partial charge in [-0.25, -0.2) is 0 Å². The van der Waals surface area contributed by atoms with Crippen molar-refractivity contribution in [2.45, 2.75) is 18.9 Å². The second-order valence-corrected chi connectivity index (χ2v) is 3.55. The average Bonchev–Trinajstić information content (AvgIpc) is 1.95. The number of alkyl halides is 1. The van der Waals surface area contributed by atoms with Gasteiger partial charge in [0.1, 0.15) is 0 Å². The van der Waals surface area contributed by atoms with Crippen molar-refractivity contribution in [1.29, 1.82) is 0 Å². The molecule has 0 aliphatic carbocycles. The van der Waals surface area contributed by atoms with Gasteiger partial charge < -0.3 is 10.0 Å². The highest BCUT2D eigenvalue weighted by atomic mass is 79.9. The summed E-state index contributed by atoms with van der Waals surface area (Å²) in [5.74, 6) is 0. The number of aliphatic hydroxyl groups is 1. The lowest BCUT2D eigenvalue weighted by Gasteiger charge is -2.28. The maximum absolute atomic E-state index is 9.16. The summed E-state index contributed by atoms with van der Waals surface area (Å²) in [4.78, 5) is 2.38. The molecule has 68 valence electrons. The Labute approximate surface area is 86.9 Å². The van der Waals surface area contributed by atoms with Crippen LogP contribution in [0, 0.1) is 0 Å². The largest absolute Gasteiger partial charge is 0.393 e. The number of halogens is 2. The monoisotopic (exact) mass is 287 g/mol. The summed E-state index contributed by atoms with van der Waals surface area (Å²) < 4.78 is 0. The molecule has 11 heavy (non-hydrogen) atoms. The van der Waals surface area contributed by atoms with Gasteiger partial charge in [0.15, 0.2) is 0 Å². The van der Waals surface area contributed by atoms with E-state index in [0.717, 1.165) is 37.8 Å². The molecule has 0 aromatic rings. The van der Waals surface area contributed by atoms with Crippen LogP contribution in [0.2, 0.25) is 0 Å². The van der Waals surface area contributed by atoms with Crippen LogP contribution in [0.1, 0.15) is 12.8 Å². The lowest BCUT2D eigenvalue weighted by molar-refractivity contribution is 0.0858. The van der Waals surface area contributed by atoms with Crippen LogP contribution in [0.4, 0.5) is 0 Å². The molecule has 1 fully saturated rings. The molecular formula is C7H15Br2NO. The van der Waals surface area contributed by atoms with E-state index >= 15 is 0 Å². The highest BCUT2D eigenvalue weighted by Crippen LogP contribution is 2.09. The van der Waals surface area contributed by atoms with E-state index in [-0.39, 0.29) is 23.1 Å². The third-order valence-electron chi connectivity index (χ3n) is 1.96. The summed E-state index contributed by atoms with van der Waals surface area (Å²) in [7, 11) is 0. The smallest absolute Gasteiger partial charge is 0.0564 e. The number of hydrogen-bond donors (Lipinski definition) is 1. The fourth-order valence-corrected chi connectivity index (χ4v) is 1.76. The molecule has 1 rings (SSSR count). The lowest BCUT2D eigenvalue weighted by atomic mass is 10.1. The summed E-state index contributed by atoms with van der Waals surface area (Å²) in [5, 5.41) is 10.2. The summed E-state index contributed by atoms with van der Waals surface area (Å²) in [6.07, 6.45) is 1.87. The molecule has 0 spiro atoms.